The zero-order valence-corrected chi connectivity index (χ0v) is 16.3. The number of aromatic nitrogens is 2. The summed E-state index contributed by atoms with van der Waals surface area (Å²) in [5.41, 5.74) is 2.73. The molecule has 2 N–H and O–H groups in total. The maximum Gasteiger partial charge on any atom is 0.316 e. The standard InChI is InChI=1S/C17H13Br2N3O3/c1-9-2-4-10(5-3-9)8-20-16(24)17-21-15(22-25-17)11-6-12(18)14(23)13(19)7-11/h2-7,23H,8H2,1H3,(H,20,24). The second-order valence-corrected chi connectivity index (χ2v) is 7.09. The number of carbonyl (C=O) groups is 1. The molecule has 0 saturated carbocycles. The van der Waals surface area contributed by atoms with Gasteiger partial charge in [0, 0.05) is 12.1 Å². The van der Waals surface area contributed by atoms with E-state index >= 15 is 0 Å². The Morgan fingerprint density at radius 3 is 2.48 bits per heavy atom. The Morgan fingerprint density at radius 2 is 1.84 bits per heavy atom. The quantitative estimate of drug-likeness (QED) is 0.601. The molecule has 1 aromatic heterocycles. The Bertz CT molecular complexity index is 900. The van der Waals surface area contributed by atoms with Crippen molar-refractivity contribution < 1.29 is 14.4 Å². The fourth-order valence-corrected chi connectivity index (χ4v) is 3.28. The Morgan fingerprint density at radius 1 is 1.20 bits per heavy atom. The number of nitrogens with zero attached hydrogens (tertiary/aromatic N) is 2. The first-order valence-electron chi connectivity index (χ1n) is 7.30. The molecule has 0 aliphatic heterocycles. The summed E-state index contributed by atoms with van der Waals surface area (Å²) in [6, 6.07) is 11.1. The van der Waals surface area contributed by atoms with Crippen LogP contribution in [0.2, 0.25) is 0 Å². The molecule has 0 unspecified atom stereocenters. The molecule has 1 heterocycles. The van der Waals surface area contributed by atoms with Crippen molar-refractivity contribution in [3.63, 3.8) is 0 Å². The lowest BCUT2D eigenvalue weighted by Gasteiger charge is -2.03. The van der Waals surface area contributed by atoms with Crippen LogP contribution in [-0.4, -0.2) is 21.2 Å². The van der Waals surface area contributed by atoms with Crippen LogP contribution in [0.4, 0.5) is 0 Å². The van der Waals surface area contributed by atoms with Crippen LogP contribution in [-0.2, 0) is 6.54 Å². The van der Waals surface area contributed by atoms with E-state index in [-0.39, 0.29) is 17.5 Å². The molecule has 0 saturated heterocycles. The van der Waals surface area contributed by atoms with Gasteiger partial charge in [-0.3, -0.25) is 4.79 Å². The van der Waals surface area contributed by atoms with Crippen LogP contribution in [0.5, 0.6) is 5.75 Å². The summed E-state index contributed by atoms with van der Waals surface area (Å²) in [6.45, 7) is 2.37. The first-order valence-corrected chi connectivity index (χ1v) is 8.88. The zero-order chi connectivity index (χ0) is 18.0. The van der Waals surface area contributed by atoms with Crippen LogP contribution in [0, 0.1) is 6.92 Å². The van der Waals surface area contributed by atoms with Crippen LogP contribution in [0.25, 0.3) is 11.4 Å². The topological polar surface area (TPSA) is 88.2 Å². The molecule has 0 aliphatic rings. The van der Waals surface area contributed by atoms with Gasteiger partial charge in [0.25, 0.3) is 0 Å². The molecule has 25 heavy (non-hydrogen) atoms. The lowest BCUT2D eigenvalue weighted by atomic mass is 10.1. The number of halogens is 2. The maximum absolute atomic E-state index is 12.2. The maximum atomic E-state index is 12.2. The molecule has 3 rings (SSSR count). The predicted octanol–water partition coefficient (Wildman–Crippen LogP) is 4.21. The zero-order valence-electron chi connectivity index (χ0n) is 13.1. The highest BCUT2D eigenvalue weighted by Gasteiger charge is 2.17. The van der Waals surface area contributed by atoms with Crippen LogP contribution in [0.1, 0.15) is 21.8 Å². The van der Waals surface area contributed by atoms with E-state index in [4.69, 9.17) is 4.52 Å². The largest absolute Gasteiger partial charge is 0.506 e. The second-order valence-electron chi connectivity index (χ2n) is 5.38. The van der Waals surface area contributed by atoms with Crippen molar-refractivity contribution in [1.82, 2.24) is 15.5 Å². The number of phenols is 1. The molecule has 0 fully saturated rings. The van der Waals surface area contributed by atoms with E-state index in [0.29, 0.717) is 21.1 Å². The molecule has 1 amide bonds. The minimum Gasteiger partial charge on any atom is -0.506 e. The number of aryl methyl sites for hydroxylation is 1. The highest BCUT2D eigenvalue weighted by atomic mass is 79.9. The van der Waals surface area contributed by atoms with E-state index < -0.39 is 5.91 Å². The lowest BCUT2D eigenvalue weighted by molar-refractivity contribution is 0.0907. The molecule has 128 valence electrons. The van der Waals surface area contributed by atoms with Gasteiger partial charge >= 0.3 is 11.8 Å². The number of rotatable bonds is 4. The van der Waals surface area contributed by atoms with Crippen molar-refractivity contribution in [3.05, 3.63) is 62.4 Å². The Kier molecular flexibility index (Phi) is 5.19. The number of hydrogen-bond donors (Lipinski definition) is 2. The summed E-state index contributed by atoms with van der Waals surface area (Å²) >= 11 is 6.48. The van der Waals surface area contributed by atoms with E-state index in [0.717, 1.165) is 11.1 Å². The molecule has 0 radical (unpaired) electrons. The van der Waals surface area contributed by atoms with Gasteiger partial charge in [-0.25, -0.2) is 0 Å². The van der Waals surface area contributed by atoms with Gasteiger partial charge in [-0.05, 0) is 56.5 Å². The van der Waals surface area contributed by atoms with Gasteiger partial charge in [0.2, 0.25) is 5.82 Å². The number of carbonyl (C=O) groups excluding carboxylic acids is 1. The van der Waals surface area contributed by atoms with Gasteiger partial charge in [-0.2, -0.15) is 4.98 Å². The van der Waals surface area contributed by atoms with E-state index in [1.165, 1.54) is 0 Å². The fourth-order valence-electron chi connectivity index (χ4n) is 2.09. The molecule has 0 bridgehead atoms. The smallest absolute Gasteiger partial charge is 0.316 e. The number of phenolic OH excluding ortho intramolecular Hbond substituents is 1. The Hall–Kier alpha value is -2.19. The van der Waals surface area contributed by atoms with Gasteiger partial charge in [-0.1, -0.05) is 35.0 Å². The van der Waals surface area contributed by atoms with E-state index in [9.17, 15) is 9.90 Å². The van der Waals surface area contributed by atoms with Crippen molar-refractivity contribution >= 4 is 37.8 Å². The summed E-state index contributed by atoms with van der Waals surface area (Å²) in [5.74, 6) is -0.246. The molecule has 2 aromatic carbocycles. The number of benzene rings is 2. The lowest BCUT2D eigenvalue weighted by Crippen LogP contribution is -2.23. The number of hydrogen-bond acceptors (Lipinski definition) is 5. The monoisotopic (exact) mass is 465 g/mol. The Labute approximate surface area is 160 Å². The highest BCUT2D eigenvalue weighted by molar-refractivity contribution is 9.11. The first-order chi connectivity index (χ1) is 11.9. The predicted molar refractivity (Wildman–Crippen MR) is 99.1 cm³/mol. The molecule has 0 atom stereocenters. The summed E-state index contributed by atoms with van der Waals surface area (Å²) < 4.78 is 5.99. The summed E-state index contributed by atoms with van der Waals surface area (Å²) in [4.78, 5) is 16.3. The average molecular weight is 467 g/mol. The highest BCUT2D eigenvalue weighted by Crippen LogP contribution is 2.36. The minimum atomic E-state index is -0.448. The van der Waals surface area contributed by atoms with Crippen molar-refractivity contribution in [2.75, 3.05) is 0 Å². The SMILES string of the molecule is Cc1ccc(CNC(=O)c2nc(-c3cc(Br)c(O)c(Br)c3)no2)cc1. The third-order valence-electron chi connectivity index (χ3n) is 3.47. The van der Waals surface area contributed by atoms with Crippen LogP contribution in [0.15, 0.2) is 49.9 Å². The molecular formula is C17H13Br2N3O3. The molecular weight excluding hydrogens is 454 g/mol. The summed E-state index contributed by atoms with van der Waals surface area (Å²) in [7, 11) is 0. The third kappa shape index (κ3) is 4.08. The van der Waals surface area contributed by atoms with E-state index in [1.54, 1.807) is 12.1 Å². The van der Waals surface area contributed by atoms with Gasteiger partial charge in [0.15, 0.2) is 0 Å². The van der Waals surface area contributed by atoms with Crippen molar-refractivity contribution in [2.45, 2.75) is 13.5 Å². The van der Waals surface area contributed by atoms with Gasteiger partial charge in [0.05, 0.1) is 8.95 Å². The van der Waals surface area contributed by atoms with Crippen molar-refractivity contribution in [2.24, 2.45) is 0 Å². The van der Waals surface area contributed by atoms with Crippen LogP contribution < -0.4 is 5.32 Å². The first kappa shape index (κ1) is 17.6. The summed E-state index contributed by atoms with van der Waals surface area (Å²) in [6.07, 6.45) is 0. The van der Waals surface area contributed by atoms with Gasteiger partial charge in [0.1, 0.15) is 5.75 Å². The van der Waals surface area contributed by atoms with Crippen molar-refractivity contribution in [3.8, 4) is 17.1 Å². The fraction of sp³-hybridized carbons (Fsp3) is 0.118. The molecule has 0 spiro atoms. The van der Waals surface area contributed by atoms with Crippen molar-refractivity contribution in [1.29, 1.82) is 0 Å². The second kappa shape index (κ2) is 7.37. The van der Waals surface area contributed by atoms with Crippen LogP contribution >= 0.6 is 31.9 Å². The molecule has 8 heteroatoms. The number of nitrogens with one attached hydrogen (secondary N) is 1. The molecule has 6 nitrogen and oxygen atoms in total. The molecule has 3 aromatic rings. The summed E-state index contributed by atoms with van der Waals surface area (Å²) in [5, 5.41) is 16.3. The number of aromatic hydroxyl groups is 1. The Balaban J connectivity index is 1.72. The van der Waals surface area contributed by atoms with E-state index in [2.05, 4.69) is 47.3 Å². The molecule has 0 aliphatic carbocycles. The third-order valence-corrected chi connectivity index (χ3v) is 4.68. The van der Waals surface area contributed by atoms with Gasteiger partial charge in [-0.15, -0.1) is 0 Å². The number of amides is 1. The minimum absolute atomic E-state index is 0.0725. The average Bonchev–Trinajstić information content (AvgIpc) is 3.08. The van der Waals surface area contributed by atoms with E-state index in [1.807, 2.05) is 31.2 Å². The normalized spacial score (nSPS) is 10.7. The van der Waals surface area contributed by atoms with Gasteiger partial charge < -0.3 is 14.9 Å². The van der Waals surface area contributed by atoms with Crippen LogP contribution in [0.3, 0.4) is 0 Å².